The molecule has 1 aromatic heterocycles. The highest BCUT2D eigenvalue weighted by molar-refractivity contribution is 6.30. The summed E-state index contributed by atoms with van der Waals surface area (Å²) in [6, 6.07) is 18.1. The van der Waals surface area contributed by atoms with Gasteiger partial charge in [-0.1, -0.05) is 11.6 Å². The second kappa shape index (κ2) is 8.93. The fraction of sp³-hybridized carbons (Fsp3) is 0.0833. The van der Waals surface area contributed by atoms with Gasteiger partial charge in [0.05, 0.1) is 12.5 Å². The zero-order valence-corrected chi connectivity index (χ0v) is 17.2. The average molecular weight is 437 g/mol. The van der Waals surface area contributed by atoms with Crippen molar-refractivity contribution in [2.24, 2.45) is 0 Å². The Hall–Kier alpha value is -3.77. The van der Waals surface area contributed by atoms with Gasteiger partial charge in [0.1, 0.15) is 29.1 Å². The summed E-state index contributed by atoms with van der Waals surface area (Å²) < 4.78 is 21.9. The third-order valence-electron chi connectivity index (χ3n) is 4.54. The van der Waals surface area contributed by atoms with Crippen molar-refractivity contribution in [2.75, 3.05) is 13.7 Å². The minimum Gasteiger partial charge on any atom is -0.497 e. The van der Waals surface area contributed by atoms with E-state index >= 15 is 0 Å². The molecule has 0 radical (unpaired) electrons. The van der Waals surface area contributed by atoms with E-state index in [-0.39, 0.29) is 23.6 Å². The number of methoxy groups -OCH3 is 1. The number of carbonyl (C=O) groups excluding carboxylic acids is 1. The van der Waals surface area contributed by atoms with E-state index in [1.165, 1.54) is 6.26 Å². The van der Waals surface area contributed by atoms with Crippen LogP contribution in [0.1, 0.15) is 10.4 Å². The lowest BCUT2D eigenvalue weighted by Crippen LogP contribution is -2.11. The van der Waals surface area contributed by atoms with Crippen LogP contribution in [0, 0.1) is 0 Å². The Morgan fingerprint density at radius 1 is 0.935 bits per heavy atom. The number of ether oxygens (including phenoxy) is 3. The second-order valence-corrected chi connectivity index (χ2v) is 7.02. The molecule has 0 atom stereocenters. The molecule has 0 bridgehead atoms. The van der Waals surface area contributed by atoms with Crippen molar-refractivity contribution in [1.29, 1.82) is 0 Å². The smallest absolute Gasteiger partial charge is 0.235 e. The largest absolute Gasteiger partial charge is 0.497 e. The molecule has 0 aliphatic rings. The molecule has 0 unspecified atom stereocenters. The number of hydrogen-bond acceptors (Lipinski definition) is 6. The van der Waals surface area contributed by atoms with Gasteiger partial charge < -0.3 is 18.6 Å². The van der Waals surface area contributed by atoms with Crippen molar-refractivity contribution in [1.82, 2.24) is 0 Å². The molecule has 0 aliphatic heterocycles. The molecule has 6 nitrogen and oxygen atoms in total. The van der Waals surface area contributed by atoms with Gasteiger partial charge in [-0.15, -0.1) is 0 Å². The maximum Gasteiger partial charge on any atom is 0.235 e. The highest BCUT2D eigenvalue weighted by Crippen LogP contribution is 2.25. The van der Waals surface area contributed by atoms with Crippen LogP contribution in [0.3, 0.4) is 0 Å². The highest BCUT2D eigenvalue weighted by atomic mass is 35.5. The van der Waals surface area contributed by atoms with Crippen molar-refractivity contribution in [3.8, 4) is 23.0 Å². The number of carbonyl (C=O) groups is 1. The third-order valence-corrected chi connectivity index (χ3v) is 4.79. The van der Waals surface area contributed by atoms with Gasteiger partial charge in [0, 0.05) is 16.7 Å². The highest BCUT2D eigenvalue weighted by Gasteiger charge is 2.12. The number of ketones is 1. The predicted octanol–water partition coefficient (Wildman–Crippen LogP) is 5.51. The summed E-state index contributed by atoms with van der Waals surface area (Å²) in [7, 11) is 1.57. The molecule has 4 rings (SSSR count). The van der Waals surface area contributed by atoms with E-state index in [0.717, 1.165) is 0 Å². The van der Waals surface area contributed by atoms with Crippen molar-refractivity contribution in [3.63, 3.8) is 0 Å². The summed E-state index contributed by atoms with van der Waals surface area (Å²) in [6.07, 6.45) is 1.25. The molecule has 0 fully saturated rings. The van der Waals surface area contributed by atoms with Crippen LogP contribution in [0.5, 0.6) is 23.0 Å². The zero-order chi connectivity index (χ0) is 21.8. The van der Waals surface area contributed by atoms with Crippen molar-refractivity contribution < 1.29 is 23.4 Å². The molecule has 0 saturated heterocycles. The molecule has 4 aromatic rings. The number of halogens is 1. The summed E-state index contributed by atoms with van der Waals surface area (Å²) in [5.41, 5.74) is 0.501. The van der Waals surface area contributed by atoms with Gasteiger partial charge in [0.25, 0.3) is 0 Å². The van der Waals surface area contributed by atoms with Crippen molar-refractivity contribution in [3.05, 3.63) is 93.8 Å². The third kappa shape index (κ3) is 4.70. The lowest BCUT2D eigenvalue weighted by molar-refractivity contribution is 0.0921. The summed E-state index contributed by atoms with van der Waals surface area (Å²) in [5.74, 6) is 1.43. The van der Waals surface area contributed by atoms with Crippen LogP contribution in [0.2, 0.25) is 5.02 Å². The average Bonchev–Trinajstić information content (AvgIpc) is 2.80. The van der Waals surface area contributed by atoms with Crippen LogP contribution in [-0.4, -0.2) is 19.5 Å². The number of rotatable bonds is 7. The van der Waals surface area contributed by atoms with Crippen LogP contribution in [0.25, 0.3) is 11.0 Å². The molecule has 3 aromatic carbocycles. The summed E-state index contributed by atoms with van der Waals surface area (Å²) in [4.78, 5) is 25.0. The fourth-order valence-electron chi connectivity index (χ4n) is 2.89. The molecule has 0 N–H and O–H groups in total. The first kappa shape index (κ1) is 20.5. The first-order valence-corrected chi connectivity index (χ1v) is 9.70. The van der Waals surface area contributed by atoms with E-state index in [1.54, 1.807) is 73.8 Å². The first-order valence-electron chi connectivity index (χ1n) is 9.32. The molecule has 0 amide bonds. The van der Waals surface area contributed by atoms with E-state index in [4.69, 9.17) is 30.2 Å². The number of benzene rings is 3. The Morgan fingerprint density at radius 3 is 2.32 bits per heavy atom. The predicted molar refractivity (Wildman–Crippen MR) is 117 cm³/mol. The fourth-order valence-corrected chi connectivity index (χ4v) is 3.02. The van der Waals surface area contributed by atoms with Crippen molar-refractivity contribution >= 4 is 28.4 Å². The molecule has 1 heterocycles. The first-order chi connectivity index (χ1) is 15.0. The van der Waals surface area contributed by atoms with Crippen molar-refractivity contribution in [2.45, 2.75) is 0 Å². The van der Waals surface area contributed by atoms with E-state index in [2.05, 4.69) is 0 Å². The number of Topliss-reactive ketones (excluding diaryl/α,β-unsaturated/α-hetero) is 1. The molecule has 0 spiro atoms. The van der Waals surface area contributed by atoms with Crippen LogP contribution in [-0.2, 0) is 0 Å². The summed E-state index contributed by atoms with van der Waals surface area (Å²) in [6.45, 7) is -0.157. The normalized spacial score (nSPS) is 10.6. The maximum atomic E-state index is 12.7. The quantitative estimate of drug-likeness (QED) is 0.356. The van der Waals surface area contributed by atoms with Gasteiger partial charge in [0.2, 0.25) is 11.2 Å². The van der Waals surface area contributed by atoms with Crippen LogP contribution in [0.15, 0.2) is 82.2 Å². The molecular weight excluding hydrogens is 420 g/mol. The molecule has 31 heavy (non-hydrogen) atoms. The van der Waals surface area contributed by atoms with Crippen LogP contribution >= 0.6 is 11.6 Å². The lowest BCUT2D eigenvalue weighted by Gasteiger charge is -2.08. The van der Waals surface area contributed by atoms with E-state index in [1.807, 2.05) is 0 Å². The molecule has 7 heteroatoms. The number of fused-ring (bicyclic) bond motifs is 1. The molecule has 0 saturated carbocycles. The minimum atomic E-state index is -0.319. The summed E-state index contributed by atoms with van der Waals surface area (Å²) >= 11 is 5.83. The Balaban J connectivity index is 1.49. The Morgan fingerprint density at radius 2 is 1.61 bits per heavy atom. The van der Waals surface area contributed by atoms with Crippen LogP contribution in [0.4, 0.5) is 0 Å². The second-order valence-electron chi connectivity index (χ2n) is 6.58. The van der Waals surface area contributed by atoms with Gasteiger partial charge in [0.15, 0.2) is 12.4 Å². The van der Waals surface area contributed by atoms with E-state index in [0.29, 0.717) is 38.8 Å². The lowest BCUT2D eigenvalue weighted by atomic mass is 10.1. The Bertz CT molecular complexity index is 1280. The van der Waals surface area contributed by atoms with Gasteiger partial charge in [-0.3, -0.25) is 9.59 Å². The Labute approximate surface area is 182 Å². The standard InChI is InChI=1S/C24H17ClO6/c1-28-17-6-8-18(9-7-17)31-23-14-30-22-12-19(10-11-20(22)24(23)27)29-13-21(26)15-2-4-16(25)5-3-15/h2-12,14H,13H2,1H3. The van der Waals surface area contributed by atoms with Gasteiger partial charge >= 0.3 is 0 Å². The monoisotopic (exact) mass is 436 g/mol. The van der Waals surface area contributed by atoms with Gasteiger partial charge in [-0.2, -0.15) is 0 Å². The Kier molecular flexibility index (Phi) is 5.91. The molecule has 156 valence electrons. The van der Waals surface area contributed by atoms with Gasteiger partial charge in [-0.05, 0) is 60.7 Å². The minimum absolute atomic E-state index is 0.0595. The van der Waals surface area contributed by atoms with E-state index in [9.17, 15) is 9.59 Å². The SMILES string of the molecule is COc1ccc(Oc2coc3cc(OCC(=O)c4ccc(Cl)cc4)ccc3c2=O)cc1. The van der Waals surface area contributed by atoms with Gasteiger partial charge in [-0.25, -0.2) is 0 Å². The number of hydrogen-bond donors (Lipinski definition) is 0. The zero-order valence-electron chi connectivity index (χ0n) is 16.5. The molecular formula is C24H17ClO6. The molecule has 0 aliphatic carbocycles. The topological polar surface area (TPSA) is 75.0 Å². The van der Waals surface area contributed by atoms with E-state index < -0.39 is 0 Å². The van der Waals surface area contributed by atoms with Crippen LogP contribution < -0.4 is 19.6 Å². The summed E-state index contributed by atoms with van der Waals surface area (Å²) in [5, 5.41) is 0.889. The maximum absolute atomic E-state index is 12.7.